The molecule has 2 aromatic heterocycles. The van der Waals surface area contributed by atoms with Crippen molar-refractivity contribution >= 4 is 21.6 Å². The first-order chi connectivity index (χ1) is 12.6. The van der Waals surface area contributed by atoms with E-state index in [1.165, 1.54) is 10.4 Å². The fourth-order valence-electron chi connectivity index (χ4n) is 3.82. The van der Waals surface area contributed by atoms with E-state index >= 15 is 0 Å². The van der Waals surface area contributed by atoms with Gasteiger partial charge in [-0.25, -0.2) is 4.98 Å². The van der Waals surface area contributed by atoms with Gasteiger partial charge in [0.15, 0.2) is 0 Å². The molecule has 4 nitrogen and oxygen atoms in total. The zero-order valence-electron chi connectivity index (χ0n) is 15.1. The first kappa shape index (κ1) is 17.0. The molecular formula is C21H21N3OS. The molecule has 4 rings (SSSR count). The Balaban J connectivity index is 1.87. The van der Waals surface area contributed by atoms with Crippen molar-refractivity contribution in [1.82, 2.24) is 9.55 Å². The molecule has 26 heavy (non-hydrogen) atoms. The lowest BCUT2D eigenvalue weighted by atomic mass is 9.89. The highest BCUT2D eigenvalue weighted by atomic mass is 32.1. The van der Waals surface area contributed by atoms with Gasteiger partial charge in [-0.2, -0.15) is 5.26 Å². The maximum absolute atomic E-state index is 13.3. The number of nitriles is 1. The van der Waals surface area contributed by atoms with Crippen molar-refractivity contribution in [1.29, 1.82) is 5.26 Å². The average Bonchev–Trinajstić information content (AvgIpc) is 3.01. The Labute approximate surface area is 156 Å². The fourth-order valence-corrected chi connectivity index (χ4v) is 5.21. The van der Waals surface area contributed by atoms with E-state index in [2.05, 4.69) is 13.0 Å². The second-order valence-corrected chi connectivity index (χ2v) is 8.20. The van der Waals surface area contributed by atoms with Gasteiger partial charge in [0.05, 0.1) is 23.6 Å². The highest BCUT2D eigenvalue weighted by molar-refractivity contribution is 7.18. The summed E-state index contributed by atoms with van der Waals surface area (Å²) in [5.74, 6) is 1.49. The van der Waals surface area contributed by atoms with Gasteiger partial charge in [-0.15, -0.1) is 11.3 Å². The average molecular weight is 363 g/mol. The van der Waals surface area contributed by atoms with E-state index in [1.54, 1.807) is 22.0 Å². The number of benzene rings is 1. The fraction of sp³-hybridized carbons (Fsp3) is 0.381. The van der Waals surface area contributed by atoms with Crippen LogP contribution in [0, 0.1) is 17.2 Å². The summed E-state index contributed by atoms with van der Waals surface area (Å²) in [4.78, 5) is 20.4. The Morgan fingerprint density at radius 2 is 2.27 bits per heavy atom. The molecule has 0 saturated heterocycles. The van der Waals surface area contributed by atoms with Gasteiger partial charge >= 0.3 is 0 Å². The third-order valence-corrected chi connectivity index (χ3v) is 6.36. The van der Waals surface area contributed by atoms with Crippen LogP contribution in [0.15, 0.2) is 29.1 Å². The van der Waals surface area contributed by atoms with Crippen LogP contribution < -0.4 is 5.56 Å². The van der Waals surface area contributed by atoms with Gasteiger partial charge in [-0.1, -0.05) is 26.0 Å². The normalized spacial score (nSPS) is 16.4. The monoisotopic (exact) mass is 363 g/mol. The minimum atomic E-state index is 0.0706. The Morgan fingerprint density at radius 3 is 3.04 bits per heavy atom. The summed E-state index contributed by atoms with van der Waals surface area (Å²) in [6.45, 7) is 4.77. The van der Waals surface area contributed by atoms with Crippen LogP contribution in [-0.4, -0.2) is 9.55 Å². The molecule has 1 atom stereocenters. The number of hydrogen-bond acceptors (Lipinski definition) is 4. The van der Waals surface area contributed by atoms with E-state index in [4.69, 9.17) is 10.2 Å². The van der Waals surface area contributed by atoms with Crippen molar-refractivity contribution in [2.24, 2.45) is 5.92 Å². The highest BCUT2D eigenvalue weighted by Gasteiger charge is 2.24. The van der Waals surface area contributed by atoms with Gasteiger partial charge in [0.2, 0.25) is 0 Å². The number of hydrogen-bond donors (Lipinski definition) is 0. The summed E-state index contributed by atoms with van der Waals surface area (Å²) < 4.78 is 1.80. The van der Waals surface area contributed by atoms with E-state index < -0.39 is 0 Å². The first-order valence-electron chi connectivity index (χ1n) is 9.13. The number of thiophene rings is 1. The topological polar surface area (TPSA) is 58.7 Å². The molecule has 0 spiro atoms. The number of aryl methyl sites for hydroxylation is 2. The SMILES string of the molecule is CCc1nc2sc3c(c2c(=O)n1Cc1cccc(C#N)c1)CCC(C)C3. The maximum atomic E-state index is 13.3. The van der Waals surface area contributed by atoms with Crippen LogP contribution in [0.4, 0.5) is 0 Å². The molecular weight excluding hydrogens is 342 g/mol. The number of nitrogens with zero attached hydrogens (tertiary/aromatic N) is 3. The number of fused-ring (bicyclic) bond motifs is 3. The van der Waals surface area contributed by atoms with Crippen LogP contribution in [0.1, 0.15) is 47.7 Å². The predicted octanol–water partition coefficient (Wildman–Crippen LogP) is 4.07. The summed E-state index contributed by atoms with van der Waals surface area (Å²) in [5.41, 5.74) is 2.87. The summed E-state index contributed by atoms with van der Waals surface area (Å²) >= 11 is 1.70. The maximum Gasteiger partial charge on any atom is 0.262 e. The second-order valence-electron chi connectivity index (χ2n) is 7.12. The lowest BCUT2D eigenvalue weighted by Gasteiger charge is -2.17. The van der Waals surface area contributed by atoms with E-state index in [0.717, 1.165) is 40.9 Å². The lowest BCUT2D eigenvalue weighted by molar-refractivity contribution is 0.509. The molecule has 132 valence electrons. The van der Waals surface area contributed by atoms with Gasteiger partial charge in [0, 0.05) is 11.3 Å². The van der Waals surface area contributed by atoms with Crippen molar-refractivity contribution in [3.05, 3.63) is 62.0 Å². The minimum absolute atomic E-state index is 0.0706. The molecule has 0 N–H and O–H groups in total. The standard InChI is InChI=1S/C21H21N3OS/c1-3-18-23-20-19(16-8-7-13(2)9-17(16)26-20)21(25)24(18)12-15-6-4-5-14(10-15)11-22/h4-6,10,13H,3,7-9,12H2,1-2H3. The molecule has 0 aliphatic heterocycles. The van der Waals surface area contributed by atoms with Gasteiger partial charge < -0.3 is 0 Å². The molecule has 2 heterocycles. The molecule has 0 saturated carbocycles. The van der Waals surface area contributed by atoms with Gasteiger partial charge in [0.1, 0.15) is 10.7 Å². The van der Waals surface area contributed by atoms with Crippen molar-refractivity contribution < 1.29 is 0 Å². The zero-order valence-corrected chi connectivity index (χ0v) is 15.9. The Kier molecular flexibility index (Phi) is 4.37. The Bertz CT molecular complexity index is 1090. The molecule has 1 aliphatic carbocycles. The van der Waals surface area contributed by atoms with Crippen molar-refractivity contribution in [3.8, 4) is 6.07 Å². The molecule has 0 radical (unpaired) electrons. The van der Waals surface area contributed by atoms with Crippen LogP contribution in [0.3, 0.4) is 0 Å². The number of rotatable bonds is 3. The molecule has 5 heteroatoms. The van der Waals surface area contributed by atoms with Crippen molar-refractivity contribution in [2.75, 3.05) is 0 Å². The van der Waals surface area contributed by atoms with Crippen LogP contribution in [-0.2, 0) is 25.8 Å². The van der Waals surface area contributed by atoms with Crippen molar-refractivity contribution in [2.45, 2.75) is 46.1 Å². The second kappa shape index (κ2) is 6.69. The molecule has 0 fully saturated rings. The van der Waals surface area contributed by atoms with E-state index in [-0.39, 0.29) is 5.56 Å². The van der Waals surface area contributed by atoms with E-state index in [0.29, 0.717) is 24.4 Å². The van der Waals surface area contributed by atoms with E-state index in [1.807, 2.05) is 25.1 Å². The van der Waals surface area contributed by atoms with Crippen LogP contribution in [0.25, 0.3) is 10.2 Å². The highest BCUT2D eigenvalue weighted by Crippen LogP contribution is 2.35. The van der Waals surface area contributed by atoms with Crippen LogP contribution in [0.2, 0.25) is 0 Å². The molecule has 1 unspecified atom stereocenters. The zero-order chi connectivity index (χ0) is 18.3. The first-order valence-corrected chi connectivity index (χ1v) is 9.95. The predicted molar refractivity (Wildman–Crippen MR) is 105 cm³/mol. The third-order valence-electron chi connectivity index (χ3n) is 5.21. The van der Waals surface area contributed by atoms with Crippen LogP contribution >= 0.6 is 11.3 Å². The van der Waals surface area contributed by atoms with Gasteiger partial charge in [-0.05, 0) is 48.4 Å². The van der Waals surface area contributed by atoms with Gasteiger partial charge in [-0.3, -0.25) is 9.36 Å². The van der Waals surface area contributed by atoms with Gasteiger partial charge in [0.25, 0.3) is 5.56 Å². The lowest BCUT2D eigenvalue weighted by Crippen LogP contribution is -2.26. The summed E-state index contributed by atoms with van der Waals surface area (Å²) in [6.07, 6.45) is 3.88. The smallest absolute Gasteiger partial charge is 0.262 e. The summed E-state index contributed by atoms with van der Waals surface area (Å²) in [6, 6.07) is 9.62. The van der Waals surface area contributed by atoms with E-state index in [9.17, 15) is 4.79 Å². The Morgan fingerprint density at radius 1 is 1.42 bits per heavy atom. The quantitative estimate of drug-likeness (QED) is 0.705. The number of aromatic nitrogens is 2. The molecule has 0 amide bonds. The molecule has 0 bridgehead atoms. The van der Waals surface area contributed by atoms with Crippen molar-refractivity contribution in [3.63, 3.8) is 0 Å². The summed E-state index contributed by atoms with van der Waals surface area (Å²) in [5, 5.41) is 9.95. The summed E-state index contributed by atoms with van der Waals surface area (Å²) in [7, 11) is 0. The largest absolute Gasteiger partial charge is 0.292 e. The molecule has 1 aromatic carbocycles. The molecule has 1 aliphatic rings. The minimum Gasteiger partial charge on any atom is -0.292 e. The third kappa shape index (κ3) is 2.85. The van der Waals surface area contributed by atoms with Crippen LogP contribution in [0.5, 0.6) is 0 Å². The molecule has 3 aromatic rings. The Hall–Kier alpha value is -2.45.